The van der Waals surface area contributed by atoms with Crippen LogP contribution in [0.4, 0.5) is 13.2 Å². The minimum atomic E-state index is -4.29. The highest BCUT2D eigenvalue weighted by Crippen LogP contribution is 2.19. The van der Waals surface area contributed by atoms with E-state index in [1.807, 2.05) is 30.3 Å². The lowest BCUT2D eigenvalue weighted by molar-refractivity contribution is -0.174. The lowest BCUT2D eigenvalue weighted by Gasteiger charge is -2.35. The first-order valence-corrected chi connectivity index (χ1v) is 9.71. The number of alkyl halides is 3. The maximum absolute atomic E-state index is 12.7. The van der Waals surface area contributed by atoms with Crippen LogP contribution in [0.15, 0.2) is 30.3 Å². The zero-order valence-electron chi connectivity index (χ0n) is 16.6. The molecule has 162 valence electrons. The second-order valence-electron chi connectivity index (χ2n) is 7.11. The summed E-state index contributed by atoms with van der Waals surface area (Å²) in [5.41, 5.74) is 0.883. The number of hydrogen-bond donors (Lipinski definition) is 1. The smallest absolute Gasteiger partial charge is 0.372 e. The highest BCUT2D eigenvalue weighted by molar-refractivity contribution is 5.79. The van der Waals surface area contributed by atoms with Gasteiger partial charge in [-0.3, -0.25) is 14.5 Å². The Balaban J connectivity index is 1.73. The number of ether oxygens (including phenoxy) is 1. The van der Waals surface area contributed by atoms with Crippen molar-refractivity contribution >= 4 is 11.8 Å². The van der Waals surface area contributed by atoms with Crippen molar-refractivity contribution in [1.82, 2.24) is 15.1 Å². The molecule has 0 saturated carbocycles. The number of hydrogen-bond acceptors (Lipinski definition) is 4. The van der Waals surface area contributed by atoms with Gasteiger partial charge in [0.1, 0.15) is 6.61 Å². The van der Waals surface area contributed by atoms with Gasteiger partial charge in [-0.1, -0.05) is 30.3 Å². The van der Waals surface area contributed by atoms with Crippen molar-refractivity contribution in [2.24, 2.45) is 0 Å². The third-order valence-electron chi connectivity index (χ3n) is 4.71. The van der Waals surface area contributed by atoms with E-state index in [-0.39, 0.29) is 30.9 Å². The summed E-state index contributed by atoms with van der Waals surface area (Å²) in [4.78, 5) is 28.1. The number of piperazine rings is 1. The largest absolute Gasteiger partial charge is 0.411 e. The Morgan fingerprint density at radius 3 is 2.38 bits per heavy atom. The van der Waals surface area contributed by atoms with Crippen molar-refractivity contribution in [3.63, 3.8) is 0 Å². The Labute approximate surface area is 169 Å². The third-order valence-corrected chi connectivity index (χ3v) is 4.71. The van der Waals surface area contributed by atoms with Crippen LogP contribution in [0.5, 0.6) is 0 Å². The van der Waals surface area contributed by atoms with Gasteiger partial charge < -0.3 is 15.0 Å². The maximum atomic E-state index is 12.7. The van der Waals surface area contributed by atoms with Gasteiger partial charge in [-0.15, -0.1) is 0 Å². The molecule has 1 aromatic carbocycles. The van der Waals surface area contributed by atoms with E-state index in [9.17, 15) is 22.8 Å². The van der Waals surface area contributed by atoms with Crippen LogP contribution in [0.3, 0.4) is 0 Å². The van der Waals surface area contributed by atoms with E-state index in [0.717, 1.165) is 5.56 Å². The standard InChI is InChI=1S/C20H28F3N3O3/c1-16(27)24-18(17-6-3-2-4-7-17)14-19(28)26-11-9-25(10-12-26)8-5-13-29-15-20(21,22)23/h2-4,6-7,18H,5,8-15H2,1H3,(H,24,27). The predicted octanol–water partition coefficient (Wildman–Crippen LogP) is 2.37. The molecule has 1 atom stereocenters. The van der Waals surface area contributed by atoms with E-state index < -0.39 is 12.8 Å². The topological polar surface area (TPSA) is 61.9 Å². The molecule has 1 aliphatic rings. The van der Waals surface area contributed by atoms with Crippen LogP contribution < -0.4 is 5.32 Å². The molecule has 1 aliphatic heterocycles. The van der Waals surface area contributed by atoms with Gasteiger partial charge in [-0.05, 0) is 12.0 Å². The van der Waals surface area contributed by atoms with Crippen molar-refractivity contribution in [1.29, 1.82) is 0 Å². The Hall–Kier alpha value is -2.13. The molecule has 0 radical (unpaired) electrons. The van der Waals surface area contributed by atoms with Crippen molar-refractivity contribution in [3.8, 4) is 0 Å². The number of nitrogens with zero attached hydrogens (tertiary/aromatic N) is 2. The number of amides is 2. The van der Waals surface area contributed by atoms with Crippen LogP contribution in [-0.4, -0.2) is 73.7 Å². The quantitative estimate of drug-likeness (QED) is 0.629. The molecule has 6 nitrogen and oxygen atoms in total. The monoisotopic (exact) mass is 415 g/mol. The number of carbonyl (C=O) groups is 2. The fourth-order valence-electron chi connectivity index (χ4n) is 3.29. The highest BCUT2D eigenvalue weighted by Gasteiger charge is 2.27. The van der Waals surface area contributed by atoms with Crippen molar-refractivity contribution < 1.29 is 27.5 Å². The van der Waals surface area contributed by atoms with E-state index in [0.29, 0.717) is 39.1 Å². The fourth-order valence-corrected chi connectivity index (χ4v) is 3.29. The van der Waals surface area contributed by atoms with Gasteiger partial charge in [0, 0.05) is 46.3 Å². The Kier molecular flexibility index (Phi) is 8.91. The summed E-state index contributed by atoms with van der Waals surface area (Å²) in [5, 5.41) is 2.83. The first-order chi connectivity index (χ1) is 13.7. The van der Waals surface area contributed by atoms with Crippen LogP contribution >= 0.6 is 0 Å². The summed E-state index contributed by atoms with van der Waals surface area (Å²) in [5.74, 6) is -0.218. The Bertz CT molecular complexity index is 647. The summed E-state index contributed by atoms with van der Waals surface area (Å²) < 4.78 is 40.7. The molecule has 2 amide bonds. The molecule has 0 aromatic heterocycles. The number of benzene rings is 1. The average molecular weight is 415 g/mol. The number of nitrogens with one attached hydrogen (secondary N) is 1. The summed E-state index contributed by atoms with van der Waals surface area (Å²) in [6, 6.07) is 9.01. The van der Waals surface area contributed by atoms with Gasteiger partial charge in [0.2, 0.25) is 11.8 Å². The van der Waals surface area contributed by atoms with E-state index in [1.165, 1.54) is 6.92 Å². The van der Waals surface area contributed by atoms with Crippen molar-refractivity contribution in [2.45, 2.75) is 32.0 Å². The summed E-state index contributed by atoms with van der Waals surface area (Å²) >= 11 is 0. The number of carbonyl (C=O) groups excluding carboxylic acids is 2. The fraction of sp³-hybridized carbons (Fsp3) is 0.600. The van der Waals surface area contributed by atoms with E-state index in [2.05, 4.69) is 15.0 Å². The molecule has 9 heteroatoms. The molecule has 1 N–H and O–H groups in total. The Morgan fingerprint density at radius 1 is 1.14 bits per heavy atom. The number of halogens is 3. The predicted molar refractivity (Wildman–Crippen MR) is 102 cm³/mol. The lowest BCUT2D eigenvalue weighted by atomic mass is 10.0. The molecular weight excluding hydrogens is 387 g/mol. The average Bonchev–Trinajstić information content (AvgIpc) is 2.67. The zero-order valence-corrected chi connectivity index (χ0v) is 16.6. The van der Waals surface area contributed by atoms with Gasteiger partial charge in [-0.25, -0.2) is 0 Å². The molecule has 0 bridgehead atoms. The second-order valence-corrected chi connectivity index (χ2v) is 7.11. The van der Waals surface area contributed by atoms with E-state index in [1.54, 1.807) is 4.90 Å². The number of rotatable bonds is 9. The van der Waals surface area contributed by atoms with Gasteiger partial charge in [-0.2, -0.15) is 13.2 Å². The lowest BCUT2D eigenvalue weighted by Crippen LogP contribution is -2.49. The molecule has 0 aliphatic carbocycles. The molecule has 1 aromatic rings. The minimum Gasteiger partial charge on any atom is -0.372 e. The van der Waals surface area contributed by atoms with Crippen molar-refractivity contribution in [2.75, 3.05) is 45.9 Å². The molecule has 0 spiro atoms. The maximum Gasteiger partial charge on any atom is 0.411 e. The van der Waals surface area contributed by atoms with E-state index >= 15 is 0 Å². The van der Waals surface area contributed by atoms with Crippen LogP contribution in [0.1, 0.15) is 31.4 Å². The second kappa shape index (κ2) is 11.2. The van der Waals surface area contributed by atoms with Crippen LogP contribution in [0.2, 0.25) is 0 Å². The van der Waals surface area contributed by atoms with Crippen LogP contribution in [0, 0.1) is 0 Å². The van der Waals surface area contributed by atoms with Crippen LogP contribution in [0.25, 0.3) is 0 Å². The SMILES string of the molecule is CC(=O)NC(CC(=O)N1CCN(CCCOCC(F)(F)F)CC1)c1ccccc1. The van der Waals surface area contributed by atoms with Gasteiger partial charge >= 0.3 is 6.18 Å². The molecule has 1 unspecified atom stereocenters. The summed E-state index contributed by atoms with van der Waals surface area (Å²) in [6.07, 6.45) is -3.58. The van der Waals surface area contributed by atoms with Gasteiger partial charge in [0.05, 0.1) is 12.5 Å². The summed E-state index contributed by atoms with van der Waals surface area (Å²) in [7, 11) is 0. The van der Waals surface area contributed by atoms with E-state index in [4.69, 9.17) is 0 Å². The normalized spacial score (nSPS) is 16.5. The highest BCUT2D eigenvalue weighted by atomic mass is 19.4. The van der Waals surface area contributed by atoms with Crippen molar-refractivity contribution in [3.05, 3.63) is 35.9 Å². The molecule has 2 rings (SSSR count). The molecule has 1 heterocycles. The first-order valence-electron chi connectivity index (χ1n) is 9.71. The zero-order chi connectivity index (χ0) is 21.3. The Morgan fingerprint density at radius 2 is 1.79 bits per heavy atom. The molecule has 29 heavy (non-hydrogen) atoms. The van der Waals surface area contributed by atoms with Crippen LogP contribution in [-0.2, 0) is 14.3 Å². The minimum absolute atomic E-state index is 0.0271. The molecule has 1 fully saturated rings. The molecule has 1 saturated heterocycles. The molecular formula is C20H28F3N3O3. The van der Waals surface area contributed by atoms with Gasteiger partial charge in [0.15, 0.2) is 0 Å². The first kappa shape index (κ1) is 23.2. The van der Waals surface area contributed by atoms with Gasteiger partial charge in [0.25, 0.3) is 0 Å². The third kappa shape index (κ3) is 8.82. The summed E-state index contributed by atoms with van der Waals surface area (Å²) in [6.45, 7) is 3.37.